The molecule has 0 amide bonds. The highest BCUT2D eigenvalue weighted by Crippen LogP contribution is 2.16. The molecule has 0 radical (unpaired) electrons. The highest BCUT2D eigenvalue weighted by Gasteiger charge is 2.17. The lowest BCUT2D eigenvalue weighted by molar-refractivity contribution is 0.159. The Morgan fingerprint density at radius 2 is 1.97 bits per heavy atom. The van der Waals surface area contributed by atoms with E-state index in [2.05, 4.69) is 27.4 Å². The van der Waals surface area contributed by atoms with Crippen LogP contribution < -0.4 is 10.6 Å². The predicted molar refractivity (Wildman–Crippen MR) is 122 cm³/mol. The molecule has 0 aliphatic carbocycles. The Hall–Kier alpha value is -1.60. The fraction of sp³-hybridized carbons (Fsp3) is 0.682. The third kappa shape index (κ3) is 9.63. The van der Waals surface area contributed by atoms with E-state index in [4.69, 9.17) is 0 Å². The molecule has 2 rings (SSSR count). The van der Waals surface area contributed by atoms with Crippen LogP contribution in [-0.4, -0.2) is 63.8 Å². The first kappa shape index (κ1) is 23.7. The largest absolute Gasteiger partial charge is 0.357 e. The summed E-state index contributed by atoms with van der Waals surface area (Å²) in [7, 11) is -3.10. The van der Waals surface area contributed by atoms with Gasteiger partial charge in [-0.2, -0.15) is 0 Å². The van der Waals surface area contributed by atoms with Crippen LogP contribution in [0.5, 0.6) is 0 Å². The zero-order valence-corrected chi connectivity index (χ0v) is 18.9. The second kappa shape index (κ2) is 12.9. The average molecular weight is 423 g/mol. The second-order valence-electron chi connectivity index (χ2n) is 7.85. The molecular weight excluding hydrogens is 384 g/mol. The van der Waals surface area contributed by atoms with Crippen LogP contribution in [-0.2, 0) is 15.6 Å². The number of rotatable bonds is 11. The van der Waals surface area contributed by atoms with E-state index < -0.39 is 9.84 Å². The first-order chi connectivity index (χ1) is 14.0. The first-order valence-electron chi connectivity index (χ1n) is 11.0. The summed E-state index contributed by atoms with van der Waals surface area (Å²) in [6.07, 6.45) is 5.60. The number of likely N-dealkylation sites (tertiary alicyclic amines) is 1. The van der Waals surface area contributed by atoms with E-state index in [0.29, 0.717) is 19.0 Å². The van der Waals surface area contributed by atoms with Gasteiger partial charge in [-0.3, -0.25) is 4.99 Å². The van der Waals surface area contributed by atoms with E-state index in [1.165, 1.54) is 25.8 Å². The molecule has 164 valence electrons. The quantitative estimate of drug-likeness (QED) is 0.326. The third-order valence-corrected chi connectivity index (χ3v) is 7.00. The topological polar surface area (TPSA) is 73.8 Å². The summed E-state index contributed by atoms with van der Waals surface area (Å²) < 4.78 is 24.5. The van der Waals surface area contributed by atoms with E-state index in [-0.39, 0.29) is 11.5 Å². The number of guanidine groups is 1. The van der Waals surface area contributed by atoms with Crippen molar-refractivity contribution in [3.8, 4) is 0 Å². The maximum atomic E-state index is 12.3. The van der Waals surface area contributed by atoms with Crippen molar-refractivity contribution >= 4 is 15.8 Å². The molecule has 1 fully saturated rings. The van der Waals surface area contributed by atoms with Crippen LogP contribution in [0.25, 0.3) is 0 Å². The molecule has 1 atom stereocenters. The minimum Gasteiger partial charge on any atom is -0.357 e. The Morgan fingerprint density at radius 3 is 2.69 bits per heavy atom. The number of hydrogen-bond donors (Lipinski definition) is 2. The number of hydrogen-bond acceptors (Lipinski definition) is 4. The Bertz CT molecular complexity index is 707. The summed E-state index contributed by atoms with van der Waals surface area (Å²) in [5, 5.41) is 6.62. The molecule has 1 aliphatic heterocycles. The lowest BCUT2D eigenvalue weighted by Crippen LogP contribution is -2.41. The molecule has 7 heteroatoms. The molecular formula is C22H38N4O2S. The van der Waals surface area contributed by atoms with Crippen molar-refractivity contribution < 1.29 is 8.42 Å². The Labute approximate surface area is 177 Å². The molecule has 1 heterocycles. The van der Waals surface area contributed by atoms with Gasteiger partial charge >= 0.3 is 0 Å². The smallest absolute Gasteiger partial charge is 0.191 e. The molecule has 1 aromatic carbocycles. The molecule has 6 nitrogen and oxygen atoms in total. The van der Waals surface area contributed by atoms with Gasteiger partial charge in [0, 0.05) is 32.2 Å². The van der Waals surface area contributed by atoms with Gasteiger partial charge in [0.2, 0.25) is 0 Å². The summed E-state index contributed by atoms with van der Waals surface area (Å²) in [6.45, 7) is 8.87. The second-order valence-corrected chi connectivity index (χ2v) is 10.0. The van der Waals surface area contributed by atoms with Crippen LogP contribution in [0, 0.1) is 0 Å². The normalized spacial score (nSPS) is 18.6. The Morgan fingerprint density at radius 1 is 1.17 bits per heavy atom. The number of nitrogens with one attached hydrogen (secondary N) is 2. The molecule has 1 aliphatic rings. The lowest BCUT2D eigenvalue weighted by Gasteiger charge is -2.33. The number of aliphatic imine (C=N–C) groups is 1. The van der Waals surface area contributed by atoms with Crippen molar-refractivity contribution in [1.82, 2.24) is 15.5 Å². The Balaban J connectivity index is 1.68. The lowest BCUT2D eigenvalue weighted by atomic mass is 10.0. The third-order valence-electron chi connectivity index (χ3n) is 5.31. The van der Waals surface area contributed by atoms with Crippen molar-refractivity contribution in [2.45, 2.75) is 57.7 Å². The standard InChI is InChI=1S/C22H38N4O2S/c1-3-23-22(24-14-9-17-26-16-8-7-11-20(26)2)25-15-10-18-29(27,28)19-21-12-5-4-6-13-21/h4-6,12-13,20H,3,7-11,14-19H2,1-2H3,(H2,23,24,25). The number of sulfone groups is 1. The van der Waals surface area contributed by atoms with Gasteiger partial charge in [0.25, 0.3) is 0 Å². The summed E-state index contributed by atoms with van der Waals surface area (Å²) in [5.74, 6) is 1.04. The predicted octanol–water partition coefficient (Wildman–Crippen LogP) is 2.81. The zero-order chi connectivity index (χ0) is 21.0. The van der Waals surface area contributed by atoms with Gasteiger partial charge < -0.3 is 15.5 Å². The highest BCUT2D eigenvalue weighted by molar-refractivity contribution is 7.90. The van der Waals surface area contributed by atoms with E-state index in [1.807, 2.05) is 37.3 Å². The monoisotopic (exact) mass is 422 g/mol. The fourth-order valence-electron chi connectivity index (χ4n) is 3.70. The van der Waals surface area contributed by atoms with Gasteiger partial charge in [-0.25, -0.2) is 8.42 Å². The van der Waals surface area contributed by atoms with Gasteiger partial charge in [-0.05, 0) is 51.6 Å². The van der Waals surface area contributed by atoms with E-state index in [0.717, 1.165) is 37.6 Å². The molecule has 0 bridgehead atoms. The van der Waals surface area contributed by atoms with Crippen LogP contribution in [0.4, 0.5) is 0 Å². The van der Waals surface area contributed by atoms with Gasteiger partial charge in [-0.15, -0.1) is 0 Å². The SMILES string of the molecule is CCNC(=NCCCS(=O)(=O)Cc1ccccc1)NCCCN1CCCCC1C. The number of nitrogens with zero attached hydrogens (tertiary/aromatic N) is 2. The minimum absolute atomic E-state index is 0.102. The van der Waals surface area contributed by atoms with E-state index >= 15 is 0 Å². The van der Waals surface area contributed by atoms with Crippen molar-refractivity contribution in [2.24, 2.45) is 4.99 Å². The molecule has 1 unspecified atom stereocenters. The molecule has 0 saturated carbocycles. The first-order valence-corrected chi connectivity index (χ1v) is 12.8. The average Bonchev–Trinajstić information content (AvgIpc) is 2.70. The van der Waals surface area contributed by atoms with Gasteiger partial charge in [0.05, 0.1) is 11.5 Å². The number of piperidine rings is 1. The van der Waals surface area contributed by atoms with Crippen molar-refractivity contribution in [3.05, 3.63) is 35.9 Å². The molecule has 1 saturated heterocycles. The van der Waals surface area contributed by atoms with Crippen molar-refractivity contribution in [3.63, 3.8) is 0 Å². The van der Waals surface area contributed by atoms with Gasteiger partial charge in [-0.1, -0.05) is 36.8 Å². The van der Waals surface area contributed by atoms with Crippen LogP contribution in [0.2, 0.25) is 0 Å². The number of benzene rings is 1. The molecule has 2 N–H and O–H groups in total. The van der Waals surface area contributed by atoms with Crippen LogP contribution in [0.15, 0.2) is 35.3 Å². The Kier molecular flexibility index (Phi) is 10.5. The maximum Gasteiger partial charge on any atom is 0.191 e. The highest BCUT2D eigenvalue weighted by atomic mass is 32.2. The van der Waals surface area contributed by atoms with Crippen LogP contribution >= 0.6 is 0 Å². The van der Waals surface area contributed by atoms with E-state index in [1.54, 1.807) is 0 Å². The molecule has 0 aromatic heterocycles. The van der Waals surface area contributed by atoms with Gasteiger partial charge in [0.1, 0.15) is 0 Å². The van der Waals surface area contributed by atoms with Crippen LogP contribution in [0.3, 0.4) is 0 Å². The summed E-state index contributed by atoms with van der Waals surface area (Å²) >= 11 is 0. The fourth-order valence-corrected chi connectivity index (χ4v) is 5.11. The molecule has 1 aromatic rings. The minimum atomic E-state index is -3.10. The zero-order valence-electron chi connectivity index (χ0n) is 18.1. The van der Waals surface area contributed by atoms with Crippen molar-refractivity contribution in [1.29, 1.82) is 0 Å². The molecule has 0 spiro atoms. The van der Waals surface area contributed by atoms with E-state index in [9.17, 15) is 8.42 Å². The summed E-state index contributed by atoms with van der Waals surface area (Å²) in [6, 6.07) is 10.0. The maximum absolute atomic E-state index is 12.3. The molecule has 29 heavy (non-hydrogen) atoms. The van der Waals surface area contributed by atoms with Gasteiger partial charge in [0.15, 0.2) is 15.8 Å². The summed E-state index contributed by atoms with van der Waals surface area (Å²) in [4.78, 5) is 7.12. The van der Waals surface area contributed by atoms with Crippen molar-refractivity contribution in [2.75, 3.05) is 38.5 Å². The van der Waals surface area contributed by atoms with Crippen LogP contribution in [0.1, 0.15) is 51.5 Å². The summed E-state index contributed by atoms with van der Waals surface area (Å²) in [5.41, 5.74) is 0.842.